The number of rotatable bonds is 3. The van der Waals surface area contributed by atoms with E-state index in [4.69, 9.17) is 0 Å². The summed E-state index contributed by atoms with van der Waals surface area (Å²) in [6, 6.07) is 0.707. The van der Waals surface area contributed by atoms with Gasteiger partial charge in [0.15, 0.2) is 0 Å². The van der Waals surface area contributed by atoms with Gasteiger partial charge in [0, 0.05) is 19.3 Å². The van der Waals surface area contributed by atoms with Crippen LogP contribution >= 0.6 is 0 Å². The average molecular weight is 207 g/mol. The van der Waals surface area contributed by atoms with Crippen molar-refractivity contribution in [2.45, 2.75) is 38.6 Å². The van der Waals surface area contributed by atoms with E-state index < -0.39 is 0 Å². The fraction of sp³-hybridized carbons (Fsp3) is 0.750. The van der Waals surface area contributed by atoms with Gasteiger partial charge in [-0.3, -0.25) is 4.68 Å². The largest absolute Gasteiger partial charge is 0.314 e. The lowest BCUT2D eigenvalue weighted by atomic mass is 9.89. The number of nitrogens with one attached hydrogen (secondary N) is 1. The summed E-state index contributed by atoms with van der Waals surface area (Å²) in [6.45, 7) is 3.56. The molecule has 3 heteroatoms. The van der Waals surface area contributed by atoms with Crippen LogP contribution in [-0.4, -0.2) is 22.4 Å². The molecular formula is C12H21N3. The normalized spacial score (nSPS) is 26.8. The summed E-state index contributed by atoms with van der Waals surface area (Å²) in [5.74, 6) is 0.829. The van der Waals surface area contributed by atoms with Crippen molar-refractivity contribution in [2.24, 2.45) is 13.0 Å². The minimum Gasteiger partial charge on any atom is -0.314 e. The van der Waals surface area contributed by atoms with Crippen molar-refractivity contribution >= 4 is 0 Å². The summed E-state index contributed by atoms with van der Waals surface area (Å²) in [6.07, 6.45) is 9.21. The predicted octanol–water partition coefficient (Wildman–Crippen LogP) is 1.74. The average Bonchev–Trinajstić information content (AvgIpc) is 2.63. The molecule has 1 aromatic heterocycles. The zero-order valence-electron chi connectivity index (χ0n) is 9.74. The summed E-state index contributed by atoms with van der Waals surface area (Å²) in [4.78, 5) is 0. The Morgan fingerprint density at radius 3 is 3.13 bits per heavy atom. The van der Waals surface area contributed by atoms with Crippen molar-refractivity contribution in [3.8, 4) is 0 Å². The van der Waals surface area contributed by atoms with Crippen LogP contribution in [0.25, 0.3) is 0 Å². The van der Waals surface area contributed by atoms with Crippen LogP contribution in [0.1, 0.15) is 31.7 Å². The van der Waals surface area contributed by atoms with Gasteiger partial charge < -0.3 is 5.32 Å². The summed E-state index contributed by atoms with van der Waals surface area (Å²) in [5, 5.41) is 7.81. The second kappa shape index (κ2) is 4.79. The van der Waals surface area contributed by atoms with E-state index in [0.29, 0.717) is 6.04 Å². The quantitative estimate of drug-likeness (QED) is 0.818. The van der Waals surface area contributed by atoms with E-state index >= 15 is 0 Å². The van der Waals surface area contributed by atoms with Crippen LogP contribution in [0.4, 0.5) is 0 Å². The number of aromatic nitrogens is 2. The van der Waals surface area contributed by atoms with Crippen LogP contribution in [0.5, 0.6) is 0 Å². The molecule has 84 valence electrons. The zero-order chi connectivity index (χ0) is 10.7. The number of hydrogen-bond acceptors (Lipinski definition) is 2. The Kier molecular flexibility index (Phi) is 3.41. The fourth-order valence-electron chi connectivity index (χ4n) is 2.42. The van der Waals surface area contributed by atoms with Gasteiger partial charge in [0.05, 0.1) is 6.20 Å². The third-order valence-corrected chi connectivity index (χ3v) is 3.43. The second-order valence-corrected chi connectivity index (χ2v) is 4.74. The highest BCUT2D eigenvalue weighted by molar-refractivity contribution is 5.04. The third kappa shape index (κ3) is 2.81. The predicted molar refractivity (Wildman–Crippen MR) is 61.7 cm³/mol. The van der Waals surface area contributed by atoms with E-state index in [0.717, 1.165) is 12.3 Å². The summed E-state index contributed by atoms with van der Waals surface area (Å²) in [7, 11) is 1.98. The molecule has 0 amide bonds. The van der Waals surface area contributed by atoms with Gasteiger partial charge >= 0.3 is 0 Å². The molecule has 15 heavy (non-hydrogen) atoms. The standard InChI is InChI=1S/C12H21N3/c1-10-4-3-7-13-12(10)6-5-11-8-14-15(2)9-11/h8-10,12-13H,3-7H2,1-2H3. The van der Waals surface area contributed by atoms with E-state index in [1.54, 1.807) is 0 Å². The minimum absolute atomic E-state index is 0.707. The second-order valence-electron chi connectivity index (χ2n) is 4.74. The lowest BCUT2D eigenvalue weighted by molar-refractivity contribution is 0.287. The Morgan fingerprint density at radius 2 is 2.47 bits per heavy atom. The van der Waals surface area contributed by atoms with Gasteiger partial charge in [-0.1, -0.05) is 6.92 Å². The number of aryl methyl sites for hydroxylation is 2. The molecule has 3 nitrogen and oxygen atoms in total. The lowest BCUT2D eigenvalue weighted by Crippen LogP contribution is -2.40. The summed E-state index contributed by atoms with van der Waals surface area (Å²) >= 11 is 0. The van der Waals surface area contributed by atoms with Crippen LogP contribution in [0.2, 0.25) is 0 Å². The first-order valence-electron chi connectivity index (χ1n) is 5.96. The maximum absolute atomic E-state index is 4.20. The Labute approximate surface area is 91.9 Å². The lowest BCUT2D eigenvalue weighted by Gasteiger charge is -2.30. The summed E-state index contributed by atoms with van der Waals surface area (Å²) in [5.41, 5.74) is 1.36. The molecule has 0 bridgehead atoms. The number of piperidine rings is 1. The molecule has 0 radical (unpaired) electrons. The fourth-order valence-corrected chi connectivity index (χ4v) is 2.42. The number of hydrogen-bond donors (Lipinski definition) is 1. The van der Waals surface area contributed by atoms with Gasteiger partial charge in [-0.05, 0) is 43.7 Å². The molecule has 1 aliphatic heterocycles. The molecule has 2 heterocycles. The molecule has 0 aromatic carbocycles. The molecule has 2 atom stereocenters. The highest BCUT2D eigenvalue weighted by atomic mass is 15.2. The minimum atomic E-state index is 0.707. The molecule has 1 aromatic rings. The van der Waals surface area contributed by atoms with Crippen molar-refractivity contribution in [3.63, 3.8) is 0 Å². The first-order valence-corrected chi connectivity index (χ1v) is 5.96. The molecule has 0 spiro atoms. The first kappa shape index (κ1) is 10.7. The molecule has 2 unspecified atom stereocenters. The van der Waals surface area contributed by atoms with Gasteiger partial charge in [0.25, 0.3) is 0 Å². The van der Waals surface area contributed by atoms with Crippen molar-refractivity contribution in [1.82, 2.24) is 15.1 Å². The molecule has 1 saturated heterocycles. The van der Waals surface area contributed by atoms with E-state index in [1.165, 1.54) is 31.4 Å². The number of nitrogens with zero attached hydrogens (tertiary/aromatic N) is 2. The van der Waals surface area contributed by atoms with Crippen molar-refractivity contribution < 1.29 is 0 Å². The van der Waals surface area contributed by atoms with E-state index in [9.17, 15) is 0 Å². The Hall–Kier alpha value is -0.830. The van der Waals surface area contributed by atoms with Crippen molar-refractivity contribution in [3.05, 3.63) is 18.0 Å². The smallest absolute Gasteiger partial charge is 0.0521 e. The third-order valence-electron chi connectivity index (χ3n) is 3.43. The molecule has 0 aliphatic carbocycles. The van der Waals surface area contributed by atoms with Gasteiger partial charge in [-0.25, -0.2) is 0 Å². The molecule has 1 N–H and O–H groups in total. The molecule has 0 saturated carbocycles. The Morgan fingerprint density at radius 1 is 1.60 bits per heavy atom. The van der Waals surface area contributed by atoms with Gasteiger partial charge in [0.1, 0.15) is 0 Å². The molecule has 1 fully saturated rings. The van der Waals surface area contributed by atoms with Gasteiger partial charge in [-0.2, -0.15) is 5.10 Å². The highest BCUT2D eigenvalue weighted by Gasteiger charge is 2.20. The monoisotopic (exact) mass is 207 g/mol. The molecule has 2 rings (SSSR count). The van der Waals surface area contributed by atoms with Crippen LogP contribution in [0.3, 0.4) is 0 Å². The van der Waals surface area contributed by atoms with E-state index in [-0.39, 0.29) is 0 Å². The van der Waals surface area contributed by atoms with Crippen LogP contribution in [0, 0.1) is 5.92 Å². The van der Waals surface area contributed by atoms with Crippen molar-refractivity contribution in [1.29, 1.82) is 0 Å². The van der Waals surface area contributed by atoms with Crippen LogP contribution < -0.4 is 5.32 Å². The van der Waals surface area contributed by atoms with E-state index in [1.807, 2.05) is 17.9 Å². The maximum atomic E-state index is 4.20. The maximum Gasteiger partial charge on any atom is 0.0521 e. The first-order chi connectivity index (χ1) is 7.25. The van der Waals surface area contributed by atoms with Gasteiger partial charge in [-0.15, -0.1) is 0 Å². The SMILES string of the molecule is CC1CCCNC1CCc1cnn(C)c1. The highest BCUT2D eigenvalue weighted by Crippen LogP contribution is 2.19. The van der Waals surface area contributed by atoms with Crippen LogP contribution in [-0.2, 0) is 13.5 Å². The van der Waals surface area contributed by atoms with Crippen LogP contribution in [0.15, 0.2) is 12.4 Å². The Balaban J connectivity index is 1.81. The zero-order valence-corrected chi connectivity index (χ0v) is 9.74. The van der Waals surface area contributed by atoms with Crippen molar-refractivity contribution in [2.75, 3.05) is 6.54 Å². The van der Waals surface area contributed by atoms with Gasteiger partial charge in [0.2, 0.25) is 0 Å². The summed E-state index contributed by atoms with van der Waals surface area (Å²) < 4.78 is 1.88. The Bertz CT molecular complexity index is 306. The molecule has 1 aliphatic rings. The molecular weight excluding hydrogens is 186 g/mol. The topological polar surface area (TPSA) is 29.9 Å². The van der Waals surface area contributed by atoms with E-state index in [2.05, 4.69) is 23.5 Å².